The molecule has 0 spiro atoms. The fourth-order valence-electron chi connectivity index (χ4n) is 2.08. The molecular weight excluding hydrogens is 204 g/mol. The molecule has 1 atom stereocenters. The second-order valence-corrected chi connectivity index (χ2v) is 3.92. The Labute approximate surface area is 92.8 Å². The van der Waals surface area contributed by atoms with E-state index in [9.17, 15) is 5.11 Å². The number of pyridine rings is 1. The second kappa shape index (κ2) is 3.68. The number of fused-ring (bicyclic) bond motifs is 1. The highest BCUT2D eigenvalue weighted by Gasteiger charge is 2.23. The van der Waals surface area contributed by atoms with Crippen LogP contribution in [-0.2, 0) is 6.42 Å². The first-order valence-corrected chi connectivity index (χ1v) is 5.38. The van der Waals surface area contributed by atoms with Crippen molar-refractivity contribution in [1.82, 2.24) is 19.7 Å². The minimum absolute atomic E-state index is 0.498. The summed E-state index contributed by atoms with van der Waals surface area (Å²) in [7, 11) is 0. The van der Waals surface area contributed by atoms with Crippen molar-refractivity contribution in [1.29, 1.82) is 0 Å². The number of aryl methyl sites for hydroxylation is 1. The van der Waals surface area contributed by atoms with Gasteiger partial charge in [0.05, 0.1) is 0 Å². The first-order chi connectivity index (χ1) is 7.86. The minimum Gasteiger partial charge on any atom is -0.373 e. The van der Waals surface area contributed by atoms with Crippen molar-refractivity contribution in [2.45, 2.75) is 25.5 Å². The van der Waals surface area contributed by atoms with Gasteiger partial charge in [-0.25, -0.2) is 0 Å². The molecule has 5 nitrogen and oxygen atoms in total. The van der Waals surface area contributed by atoms with Gasteiger partial charge < -0.3 is 5.11 Å². The number of rotatable bonds is 1. The Morgan fingerprint density at radius 3 is 2.88 bits per heavy atom. The fraction of sp³-hybridized carbons (Fsp3) is 0.364. The molecule has 3 rings (SSSR count). The van der Waals surface area contributed by atoms with Gasteiger partial charge in [-0.3, -0.25) is 9.55 Å². The van der Waals surface area contributed by atoms with Crippen LogP contribution >= 0.6 is 0 Å². The van der Waals surface area contributed by atoms with Gasteiger partial charge in [0, 0.05) is 24.4 Å². The molecule has 0 saturated carbocycles. The van der Waals surface area contributed by atoms with E-state index in [0.29, 0.717) is 0 Å². The highest BCUT2D eigenvalue weighted by atomic mass is 16.3. The smallest absolute Gasteiger partial charge is 0.166 e. The van der Waals surface area contributed by atoms with Gasteiger partial charge in [0.15, 0.2) is 5.82 Å². The molecule has 1 aliphatic heterocycles. The lowest BCUT2D eigenvalue weighted by atomic mass is 10.1. The molecule has 1 unspecified atom stereocenters. The van der Waals surface area contributed by atoms with Gasteiger partial charge >= 0.3 is 0 Å². The molecule has 1 N–H and O–H groups in total. The van der Waals surface area contributed by atoms with E-state index in [1.54, 1.807) is 12.4 Å². The number of aliphatic hydroxyl groups is 1. The van der Waals surface area contributed by atoms with E-state index in [1.807, 2.05) is 16.7 Å². The van der Waals surface area contributed by atoms with E-state index in [0.717, 1.165) is 36.5 Å². The topological polar surface area (TPSA) is 63.8 Å². The van der Waals surface area contributed by atoms with Crippen LogP contribution < -0.4 is 0 Å². The molecule has 0 aliphatic carbocycles. The molecule has 82 valence electrons. The SMILES string of the molecule is OC1CCCc2nnc(-c3ccncc3)n21. The largest absolute Gasteiger partial charge is 0.373 e. The summed E-state index contributed by atoms with van der Waals surface area (Å²) in [6, 6.07) is 3.75. The van der Waals surface area contributed by atoms with E-state index >= 15 is 0 Å². The van der Waals surface area contributed by atoms with Crippen molar-refractivity contribution >= 4 is 0 Å². The van der Waals surface area contributed by atoms with Gasteiger partial charge in [0.2, 0.25) is 0 Å². The van der Waals surface area contributed by atoms with E-state index in [1.165, 1.54) is 0 Å². The standard InChI is InChI=1S/C11H12N4O/c16-10-3-1-2-9-13-14-11(15(9)10)8-4-6-12-7-5-8/h4-7,10,16H,1-3H2. The van der Waals surface area contributed by atoms with Crippen molar-refractivity contribution in [3.63, 3.8) is 0 Å². The van der Waals surface area contributed by atoms with Crippen LogP contribution in [0.2, 0.25) is 0 Å². The molecule has 0 radical (unpaired) electrons. The maximum Gasteiger partial charge on any atom is 0.166 e. The summed E-state index contributed by atoms with van der Waals surface area (Å²) in [4.78, 5) is 3.97. The van der Waals surface area contributed by atoms with Gasteiger partial charge in [-0.15, -0.1) is 10.2 Å². The lowest BCUT2D eigenvalue weighted by Crippen LogP contribution is -2.18. The van der Waals surface area contributed by atoms with Crippen molar-refractivity contribution in [2.75, 3.05) is 0 Å². The predicted octanol–water partition coefficient (Wildman–Crippen LogP) is 1.17. The third-order valence-corrected chi connectivity index (χ3v) is 2.87. The Morgan fingerprint density at radius 2 is 2.06 bits per heavy atom. The van der Waals surface area contributed by atoms with Crippen molar-refractivity contribution < 1.29 is 5.11 Å². The Kier molecular flexibility index (Phi) is 2.18. The quantitative estimate of drug-likeness (QED) is 0.777. The zero-order valence-electron chi connectivity index (χ0n) is 8.74. The van der Waals surface area contributed by atoms with Crippen LogP contribution in [0.4, 0.5) is 0 Å². The van der Waals surface area contributed by atoms with Crippen LogP contribution in [0.5, 0.6) is 0 Å². The van der Waals surface area contributed by atoms with E-state index in [2.05, 4.69) is 15.2 Å². The molecule has 0 saturated heterocycles. The van der Waals surface area contributed by atoms with E-state index in [4.69, 9.17) is 0 Å². The predicted molar refractivity (Wildman–Crippen MR) is 57.4 cm³/mol. The van der Waals surface area contributed by atoms with Crippen LogP contribution in [0.15, 0.2) is 24.5 Å². The Morgan fingerprint density at radius 1 is 1.25 bits per heavy atom. The molecule has 1 aliphatic rings. The van der Waals surface area contributed by atoms with Crippen molar-refractivity contribution in [2.24, 2.45) is 0 Å². The summed E-state index contributed by atoms with van der Waals surface area (Å²) in [6.45, 7) is 0. The highest BCUT2D eigenvalue weighted by Crippen LogP contribution is 2.27. The summed E-state index contributed by atoms with van der Waals surface area (Å²) in [5, 5.41) is 18.2. The molecule has 2 aromatic heterocycles. The zero-order valence-corrected chi connectivity index (χ0v) is 8.74. The zero-order chi connectivity index (χ0) is 11.0. The van der Waals surface area contributed by atoms with Gasteiger partial charge in [-0.05, 0) is 25.0 Å². The first-order valence-electron chi connectivity index (χ1n) is 5.38. The lowest BCUT2D eigenvalue weighted by Gasteiger charge is -2.21. The summed E-state index contributed by atoms with van der Waals surface area (Å²) >= 11 is 0. The normalized spacial score (nSPS) is 19.4. The van der Waals surface area contributed by atoms with Crippen LogP contribution in [0.25, 0.3) is 11.4 Å². The summed E-state index contributed by atoms with van der Waals surface area (Å²) in [5.74, 6) is 1.59. The van der Waals surface area contributed by atoms with Gasteiger partial charge in [0.1, 0.15) is 12.1 Å². The molecule has 16 heavy (non-hydrogen) atoms. The maximum absolute atomic E-state index is 9.96. The van der Waals surface area contributed by atoms with Crippen LogP contribution in [0.1, 0.15) is 24.9 Å². The van der Waals surface area contributed by atoms with Gasteiger partial charge in [-0.1, -0.05) is 0 Å². The number of hydrogen-bond acceptors (Lipinski definition) is 4. The molecule has 0 fully saturated rings. The number of nitrogens with zero attached hydrogens (tertiary/aromatic N) is 4. The Bertz CT molecular complexity index is 494. The molecule has 3 heterocycles. The van der Waals surface area contributed by atoms with E-state index in [-0.39, 0.29) is 0 Å². The van der Waals surface area contributed by atoms with Crippen LogP contribution in [-0.4, -0.2) is 24.9 Å². The monoisotopic (exact) mass is 216 g/mol. The fourth-order valence-corrected chi connectivity index (χ4v) is 2.08. The van der Waals surface area contributed by atoms with Crippen molar-refractivity contribution in [3.8, 4) is 11.4 Å². The van der Waals surface area contributed by atoms with Gasteiger partial charge in [0.25, 0.3) is 0 Å². The minimum atomic E-state index is -0.498. The van der Waals surface area contributed by atoms with E-state index < -0.39 is 6.23 Å². The Hall–Kier alpha value is -1.75. The number of aliphatic hydroxyl groups excluding tert-OH is 1. The average molecular weight is 216 g/mol. The molecular formula is C11H12N4O. The van der Waals surface area contributed by atoms with Crippen LogP contribution in [0.3, 0.4) is 0 Å². The molecule has 0 amide bonds. The molecule has 5 heteroatoms. The lowest BCUT2D eigenvalue weighted by molar-refractivity contribution is 0.0796. The summed E-state index contributed by atoms with van der Waals surface area (Å²) < 4.78 is 1.82. The third kappa shape index (κ3) is 1.40. The summed E-state index contributed by atoms with van der Waals surface area (Å²) in [5.41, 5.74) is 0.940. The highest BCUT2D eigenvalue weighted by molar-refractivity contribution is 5.54. The second-order valence-electron chi connectivity index (χ2n) is 3.92. The number of aromatic nitrogens is 4. The average Bonchev–Trinajstić information content (AvgIpc) is 2.75. The summed E-state index contributed by atoms with van der Waals surface area (Å²) in [6.07, 6.45) is 5.55. The van der Waals surface area contributed by atoms with Crippen molar-refractivity contribution in [3.05, 3.63) is 30.4 Å². The third-order valence-electron chi connectivity index (χ3n) is 2.87. The van der Waals surface area contributed by atoms with Gasteiger partial charge in [-0.2, -0.15) is 0 Å². The Balaban J connectivity index is 2.13. The van der Waals surface area contributed by atoms with Crippen LogP contribution in [0, 0.1) is 0 Å². The molecule has 2 aromatic rings. The first kappa shape index (κ1) is 9.47. The molecule has 0 bridgehead atoms. The maximum atomic E-state index is 9.96. The molecule has 0 aromatic carbocycles. The number of hydrogen-bond donors (Lipinski definition) is 1.